The molecule has 4 rings (SSSR count). The van der Waals surface area contributed by atoms with Crippen LogP contribution in [0.1, 0.15) is 42.6 Å². The van der Waals surface area contributed by atoms with Crippen molar-refractivity contribution in [2.75, 3.05) is 20.2 Å². The van der Waals surface area contributed by atoms with Gasteiger partial charge in [0.1, 0.15) is 11.6 Å². The van der Waals surface area contributed by atoms with Crippen LogP contribution in [0.4, 0.5) is 0 Å². The van der Waals surface area contributed by atoms with E-state index >= 15 is 0 Å². The predicted octanol–water partition coefficient (Wildman–Crippen LogP) is 3.17. The number of nitrogens with zero attached hydrogens (tertiary/aromatic N) is 3. The third kappa shape index (κ3) is 3.03. The zero-order valence-corrected chi connectivity index (χ0v) is 14.9. The Bertz CT molecular complexity index is 770. The minimum atomic E-state index is 0.110. The molecule has 1 aromatic heterocycles. The highest BCUT2D eigenvalue weighted by molar-refractivity contribution is 5.83. The number of aromatic nitrogens is 2. The lowest BCUT2D eigenvalue weighted by Crippen LogP contribution is -2.41. The summed E-state index contributed by atoms with van der Waals surface area (Å²) in [5.41, 5.74) is 1.17. The average molecular weight is 339 g/mol. The molecular weight excluding hydrogens is 314 g/mol. The molecule has 0 N–H and O–H groups in total. The number of carbonyl (C=O) groups is 1. The van der Waals surface area contributed by atoms with Crippen molar-refractivity contribution in [2.24, 2.45) is 5.92 Å². The zero-order valence-electron chi connectivity index (χ0n) is 14.9. The Kier molecular flexibility index (Phi) is 4.24. The van der Waals surface area contributed by atoms with E-state index in [9.17, 15) is 4.79 Å². The lowest BCUT2D eigenvalue weighted by Gasteiger charge is -2.34. The van der Waals surface area contributed by atoms with E-state index in [1.54, 1.807) is 7.11 Å². The van der Waals surface area contributed by atoms with E-state index in [4.69, 9.17) is 4.74 Å². The molecule has 2 aliphatic rings. The number of aryl methyl sites for hydroxylation is 1. The Morgan fingerprint density at radius 1 is 1.32 bits per heavy atom. The molecule has 2 fully saturated rings. The smallest absolute Gasteiger partial charge is 0.226 e. The Hall–Kier alpha value is -2.30. The molecular formula is C20H25N3O2. The maximum atomic E-state index is 13.0. The van der Waals surface area contributed by atoms with Gasteiger partial charge in [-0.1, -0.05) is 18.2 Å². The molecule has 1 aliphatic heterocycles. The van der Waals surface area contributed by atoms with E-state index in [0.29, 0.717) is 17.9 Å². The third-order valence-electron chi connectivity index (χ3n) is 5.61. The second kappa shape index (κ2) is 6.54. The first-order chi connectivity index (χ1) is 12.2. The highest BCUT2D eigenvalue weighted by Gasteiger charge is 2.47. The zero-order chi connectivity index (χ0) is 17.4. The van der Waals surface area contributed by atoms with Gasteiger partial charge in [-0.2, -0.15) is 0 Å². The number of likely N-dealkylation sites (tertiary alicyclic amines) is 1. The largest absolute Gasteiger partial charge is 0.496 e. The van der Waals surface area contributed by atoms with Gasteiger partial charge in [0, 0.05) is 31.4 Å². The van der Waals surface area contributed by atoms with Crippen molar-refractivity contribution in [1.82, 2.24) is 14.5 Å². The van der Waals surface area contributed by atoms with E-state index < -0.39 is 0 Å². The number of imidazole rings is 1. The van der Waals surface area contributed by atoms with Gasteiger partial charge in [0.25, 0.3) is 0 Å². The average Bonchev–Trinajstić information content (AvgIpc) is 3.34. The van der Waals surface area contributed by atoms with E-state index in [-0.39, 0.29) is 5.92 Å². The highest BCUT2D eigenvalue weighted by Crippen LogP contribution is 2.51. The van der Waals surface area contributed by atoms with Gasteiger partial charge in [-0.25, -0.2) is 4.98 Å². The Balaban J connectivity index is 1.44. The third-order valence-corrected chi connectivity index (χ3v) is 5.61. The molecule has 0 bridgehead atoms. The van der Waals surface area contributed by atoms with Gasteiger partial charge in [-0.05, 0) is 43.7 Å². The highest BCUT2D eigenvalue weighted by atomic mass is 16.5. The maximum absolute atomic E-state index is 13.0. The normalized spacial score (nSPS) is 25.7. The standard InChI is InChI=1S/C20H25N3O2/c1-14-21-9-11-23(14)15-6-5-10-22(13-15)20(24)18-12-17(18)16-7-3-4-8-19(16)25-2/h3-4,7-9,11,15,17-18H,5-6,10,12-13H2,1-2H3. The number of para-hydroxylation sites is 1. The number of benzene rings is 1. The SMILES string of the molecule is COc1ccccc1C1CC1C(=O)N1CCCC(n2ccnc2C)C1. The number of piperidine rings is 1. The maximum Gasteiger partial charge on any atom is 0.226 e. The Morgan fingerprint density at radius 2 is 2.16 bits per heavy atom. The molecule has 1 saturated carbocycles. The van der Waals surface area contributed by atoms with Crippen LogP contribution < -0.4 is 4.74 Å². The first kappa shape index (κ1) is 16.2. The van der Waals surface area contributed by atoms with Gasteiger partial charge >= 0.3 is 0 Å². The summed E-state index contributed by atoms with van der Waals surface area (Å²) in [4.78, 5) is 19.4. The molecule has 5 nitrogen and oxygen atoms in total. The van der Waals surface area contributed by atoms with E-state index in [1.807, 2.05) is 37.5 Å². The van der Waals surface area contributed by atoms with Crippen LogP contribution in [0.5, 0.6) is 5.75 Å². The summed E-state index contributed by atoms with van der Waals surface area (Å²) in [5, 5.41) is 0. The number of rotatable bonds is 4. The Morgan fingerprint density at radius 3 is 2.92 bits per heavy atom. The summed E-state index contributed by atoms with van der Waals surface area (Å²) >= 11 is 0. The topological polar surface area (TPSA) is 47.4 Å². The van der Waals surface area contributed by atoms with Crippen LogP contribution in [0, 0.1) is 12.8 Å². The molecule has 5 heteroatoms. The lowest BCUT2D eigenvalue weighted by atomic mass is 10.0. The van der Waals surface area contributed by atoms with Crippen LogP contribution in [0.3, 0.4) is 0 Å². The van der Waals surface area contributed by atoms with Crippen LogP contribution in [0.25, 0.3) is 0 Å². The molecule has 2 heterocycles. The monoisotopic (exact) mass is 339 g/mol. The summed E-state index contributed by atoms with van der Waals surface area (Å²) in [6, 6.07) is 8.42. The fourth-order valence-corrected chi connectivity index (χ4v) is 4.17. The summed E-state index contributed by atoms with van der Waals surface area (Å²) in [6.45, 7) is 3.70. The van der Waals surface area contributed by atoms with Crippen molar-refractivity contribution in [2.45, 2.75) is 38.1 Å². The number of ether oxygens (including phenoxy) is 1. The fraction of sp³-hybridized carbons (Fsp3) is 0.500. The molecule has 2 aromatic rings. The van der Waals surface area contributed by atoms with E-state index in [0.717, 1.165) is 43.9 Å². The first-order valence-electron chi connectivity index (χ1n) is 9.10. The second-order valence-electron chi connectivity index (χ2n) is 7.15. The summed E-state index contributed by atoms with van der Waals surface area (Å²) in [5.74, 6) is 2.64. The molecule has 3 unspecified atom stereocenters. The molecule has 0 spiro atoms. The van der Waals surface area contributed by atoms with Crippen molar-refractivity contribution in [3.8, 4) is 5.75 Å². The van der Waals surface area contributed by atoms with Gasteiger partial charge in [-0.3, -0.25) is 4.79 Å². The van der Waals surface area contributed by atoms with Gasteiger partial charge in [-0.15, -0.1) is 0 Å². The van der Waals surface area contributed by atoms with Crippen LogP contribution >= 0.6 is 0 Å². The van der Waals surface area contributed by atoms with Crippen molar-refractivity contribution in [3.05, 3.63) is 48.0 Å². The summed E-state index contributed by atoms with van der Waals surface area (Å²) < 4.78 is 7.68. The molecule has 1 aromatic carbocycles. The fourth-order valence-electron chi connectivity index (χ4n) is 4.17. The van der Waals surface area contributed by atoms with Crippen molar-refractivity contribution >= 4 is 5.91 Å². The molecule has 132 valence electrons. The number of carbonyl (C=O) groups excluding carboxylic acids is 1. The van der Waals surface area contributed by atoms with Gasteiger partial charge in [0.05, 0.1) is 13.2 Å². The molecule has 3 atom stereocenters. The van der Waals surface area contributed by atoms with Crippen molar-refractivity contribution in [1.29, 1.82) is 0 Å². The van der Waals surface area contributed by atoms with Crippen LogP contribution in [0.2, 0.25) is 0 Å². The summed E-state index contributed by atoms with van der Waals surface area (Å²) in [7, 11) is 1.70. The number of hydrogen-bond donors (Lipinski definition) is 0. The minimum absolute atomic E-state index is 0.110. The molecule has 0 radical (unpaired) electrons. The number of amides is 1. The minimum Gasteiger partial charge on any atom is -0.496 e. The predicted molar refractivity (Wildman–Crippen MR) is 95.7 cm³/mol. The molecule has 1 aliphatic carbocycles. The van der Waals surface area contributed by atoms with E-state index in [1.165, 1.54) is 5.56 Å². The Labute approximate surface area is 148 Å². The molecule has 1 amide bonds. The molecule has 25 heavy (non-hydrogen) atoms. The van der Waals surface area contributed by atoms with Crippen LogP contribution in [-0.2, 0) is 4.79 Å². The number of methoxy groups -OCH3 is 1. The summed E-state index contributed by atoms with van der Waals surface area (Å²) in [6.07, 6.45) is 6.98. The van der Waals surface area contributed by atoms with Gasteiger partial charge < -0.3 is 14.2 Å². The van der Waals surface area contributed by atoms with Crippen LogP contribution in [0.15, 0.2) is 36.7 Å². The lowest BCUT2D eigenvalue weighted by molar-refractivity contribution is -0.134. The van der Waals surface area contributed by atoms with Crippen molar-refractivity contribution in [3.63, 3.8) is 0 Å². The second-order valence-corrected chi connectivity index (χ2v) is 7.15. The van der Waals surface area contributed by atoms with E-state index in [2.05, 4.69) is 20.5 Å². The first-order valence-corrected chi connectivity index (χ1v) is 9.10. The quantitative estimate of drug-likeness (QED) is 0.859. The van der Waals surface area contributed by atoms with Crippen LogP contribution in [-0.4, -0.2) is 40.6 Å². The van der Waals surface area contributed by atoms with Gasteiger partial charge in [0.15, 0.2) is 0 Å². The van der Waals surface area contributed by atoms with Gasteiger partial charge in [0.2, 0.25) is 5.91 Å². The van der Waals surface area contributed by atoms with Crippen molar-refractivity contribution < 1.29 is 9.53 Å². The number of hydrogen-bond acceptors (Lipinski definition) is 3. The molecule has 1 saturated heterocycles.